The van der Waals surface area contributed by atoms with Gasteiger partial charge in [0.15, 0.2) is 17.3 Å². The maximum atomic E-state index is 5.62. The van der Waals surface area contributed by atoms with Crippen LogP contribution in [0.3, 0.4) is 0 Å². The minimum Gasteiger partial charge on any atom is -0.493 e. The fourth-order valence-electron chi connectivity index (χ4n) is 3.34. The van der Waals surface area contributed by atoms with E-state index in [4.69, 9.17) is 28.7 Å². The van der Waals surface area contributed by atoms with E-state index in [0.29, 0.717) is 23.8 Å². The summed E-state index contributed by atoms with van der Waals surface area (Å²) in [5, 5.41) is 6.71. The van der Waals surface area contributed by atoms with Crippen LogP contribution in [0.5, 0.6) is 17.2 Å². The van der Waals surface area contributed by atoms with Crippen molar-refractivity contribution >= 4 is 17.6 Å². The molecule has 0 saturated heterocycles. The van der Waals surface area contributed by atoms with Crippen LogP contribution in [-0.2, 0) is 6.42 Å². The van der Waals surface area contributed by atoms with Gasteiger partial charge in [0.2, 0.25) is 10.6 Å². The van der Waals surface area contributed by atoms with Gasteiger partial charge >= 0.3 is 0 Å². The molecule has 0 aliphatic carbocycles. The van der Waals surface area contributed by atoms with Crippen molar-refractivity contribution in [3.05, 3.63) is 82.2 Å². The van der Waals surface area contributed by atoms with Crippen LogP contribution < -0.4 is 19.0 Å². The van der Waals surface area contributed by atoms with Crippen LogP contribution in [-0.4, -0.2) is 38.8 Å². The lowest BCUT2D eigenvalue weighted by Gasteiger charge is -2.12. The molecule has 0 saturated carbocycles. The van der Waals surface area contributed by atoms with Crippen LogP contribution in [0.1, 0.15) is 11.1 Å². The first kappa shape index (κ1) is 22.4. The number of hydrogen-bond donors (Lipinski definition) is 0. The standard InChI is InChI=1S/C25H25N3O4S/c1-29-22-14-19(15-23(30-2)24(22)31-3)16-27-28-20(21-10-7-13-32-21)17-33-25(28)26-12-11-18-8-5-4-6-9-18/h4-10,13-17H,11-12H2,1-3H3. The highest BCUT2D eigenvalue weighted by molar-refractivity contribution is 7.07. The molecule has 4 rings (SSSR count). The summed E-state index contributed by atoms with van der Waals surface area (Å²) in [4.78, 5) is 5.57. The van der Waals surface area contributed by atoms with Crippen LogP contribution >= 0.6 is 11.3 Å². The molecule has 7 nitrogen and oxygen atoms in total. The van der Waals surface area contributed by atoms with E-state index in [0.717, 1.165) is 28.2 Å². The molecule has 170 valence electrons. The normalized spacial score (nSPS) is 11.8. The predicted octanol–water partition coefficient (Wildman–Crippen LogP) is 4.86. The number of thiazole rings is 1. The average Bonchev–Trinajstić information content (AvgIpc) is 3.52. The third kappa shape index (κ3) is 5.18. The van der Waals surface area contributed by atoms with Crippen LogP contribution in [0, 0.1) is 0 Å². The van der Waals surface area contributed by atoms with Crippen molar-refractivity contribution in [1.82, 2.24) is 4.68 Å². The molecule has 0 aliphatic heterocycles. The number of ether oxygens (including phenoxy) is 3. The van der Waals surface area contributed by atoms with Crippen LogP contribution in [0.15, 0.2) is 80.8 Å². The molecule has 4 aromatic rings. The van der Waals surface area contributed by atoms with E-state index >= 15 is 0 Å². The number of benzene rings is 2. The van der Waals surface area contributed by atoms with E-state index in [1.807, 2.05) is 47.8 Å². The molecule has 2 aromatic heterocycles. The summed E-state index contributed by atoms with van der Waals surface area (Å²) >= 11 is 1.52. The van der Waals surface area contributed by atoms with Crippen molar-refractivity contribution in [3.8, 4) is 28.7 Å². The summed E-state index contributed by atoms with van der Waals surface area (Å²) in [5.41, 5.74) is 2.87. The molecule has 0 bridgehead atoms. The minimum atomic E-state index is 0.535. The predicted molar refractivity (Wildman–Crippen MR) is 130 cm³/mol. The molecule has 2 aromatic carbocycles. The van der Waals surface area contributed by atoms with Gasteiger partial charge in [0.05, 0.1) is 33.8 Å². The van der Waals surface area contributed by atoms with Gasteiger partial charge in [-0.3, -0.25) is 4.99 Å². The topological polar surface area (TPSA) is 70.5 Å². The lowest BCUT2D eigenvalue weighted by Crippen LogP contribution is -2.13. The second-order valence-electron chi connectivity index (χ2n) is 7.01. The summed E-state index contributed by atoms with van der Waals surface area (Å²) in [7, 11) is 4.75. The number of methoxy groups -OCH3 is 3. The maximum Gasteiger partial charge on any atom is 0.206 e. The van der Waals surface area contributed by atoms with Crippen LogP contribution in [0.4, 0.5) is 0 Å². The van der Waals surface area contributed by atoms with Gasteiger partial charge in [0.25, 0.3) is 0 Å². The van der Waals surface area contributed by atoms with Gasteiger partial charge in [-0.25, -0.2) is 4.68 Å². The Morgan fingerprint density at radius 3 is 2.36 bits per heavy atom. The van der Waals surface area contributed by atoms with Crippen LogP contribution in [0.2, 0.25) is 0 Å². The Balaban J connectivity index is 1.69. The molecule has 0 spiro atoms. The number of nitrogens with zero attached hydrogens (tertiary/aromatic N) is 3. The number of aromatic nitrogens is 1. The molecule has 0 atom stereocenters. The summed E-state index contributed by atoms with van der Waals surface area (Å²) in [5.74, 6) is 2.38. The Labute approximate surface area is 196 Å². The summed E-state index contributed by atoms with van der Waals surface area (Å²) in [6.45, 7) is 0.655. The quantitative estimate of drug-likeness (QED) is 0.332. The molecule has 8 heteroatoms. The SMILES string of the molecule is COc1cc(C=Nn2c(-c3ccco3)csc2=NCCc2ccccc2)cc(OC)c1OC. The van der Waals surface area contributed by atoms with E-state index in [-0.39, 0.29) is 0 Å². The van der Waals surface area contributed by atoms with Crippen molar-refractivity contribution < 1.29 is 18.6 Å². The molecule has 0 radical (unpaired) electrons. The van der Waals surface area contributed by atoms with Crippen molar-refractivity contribution in [2.75, 3.05) is 27.9 Å². The van der Waals surface area contributed by atoms with Crippen molar-refractivity contribution in [3.63, 3.8) is 0 Å². The molecule has 0 aliphatic rings. The van der Waals surface area contributed by atoms with Gasteiger partial charge < -0.3 is 18.6 Å². The monoisotopic (exact) mass is 463 g/mol. The molecule has 33 heavy (non-hydrogen) atoms. The Morgan fingerprint density at radius 2 is 1.73 bits per heavy atom. The Hall–Kier alpha value is -3.78. The largest absolute Gasteiger partial charge is 0.493 e. The second-order valence-corrected chi connectivity index (χ2v) is 7.85. The molecular formula is C25H25N3O4S. The van der Waals surface area contributed by atoms with Gasteiger partial charge in [-0.1, -0.05) is 30.3 Å². The van der Waals surface area contributed by atoms with Crippen molar-refractivity contribution in [2.45, 2.75) is 6.42 Å². The van der Waals surface area contributed by atoms with E-state index in [1.165, 1.54) is 16.9 Å². The van der Waals surface area contributed by atoms with E-state index in [9.17, 15) is 0 Å². The Morgan fingerprint density at radius 1 is 0.970 bits per heavy atom. The van der Waals surface area contributed by atoms with E-state index < -0.39 is 0 Å². The van der Waals surface area contributed by atoms with Crippen molar-refractivity contribution in [1.29, 1.82) is 0 Å². The second kappa shape index (κ2) is 10.7. The lowest BCUT2D eigenvalue weighted by atomic mass is 10.2. The fourth-order valence-corrected chi connectivity index (χ4v) is 4.18. The highest BCUT2D eigenvalue weighted by Crippen LogP contribution is 2.37. The van der Waals surface area contributed by atoms with Gasteiger partial charge in [-0.15, -0.1) is 11.3 Å². The summed E-state index contributed by atoms with van der Waals surface area (Å²) in [6.07, 6.45) is 4.23. The maximum absolute atomic E-state index is 5.62. The lowest BCUT2D eigenvalue weighted by molar-refractivity contribution is 0.324. The zero-order valence-corrected chi connectivity index (χ0v) is 19.5. The highest BCUT2D eigenvalue weighted by atomic mass is 32.1. The molecular weight excluding hydrogens is 438 g/mol. The number of hydrogen-bond acceptors (Lipinski definition) is 7. The summed E-state index contributed by atoms with van der Waals surface area (Å²) in [6, 6.07) is 17.8. The summed E-state index contributed by atoms with van der Waals surface area (Å²) < 4.78 is 23.7. The Bertz CT molecular complexity index is 1250. The van der Waals surface area contributed by atoms with E-state index in [2.05, 4.69) is 12.1 Å². The van der Waals surface area contributed by atoms with Gasteiger partial charge in [0, 0.05) is 17.5 Å². The van der Waals surface area contributed by atoms with Crippen molar-refractivity contribution in [2.24, 2.45) is 10.1 Å². The molecule has 2 heterocycles. The molecule has 0 N–H and O–H groups in total. The first-order chi connectivity index (χ1) is 16.2. The Kier molecular flexibility index (Phi) is 7.26. The zero-order valence-electron chi connectivity index (χ0n) is 18.7. The van der Waals surface area contributed by atoms with Gasteiger partial charge in [-0.05, 0) is 36.2 Å². The average molecular weight is 464 g/mol. The van der Waals surface area contributed by atoms with E-state index in [1.54, 1.807) is 38.5 Å². The van der Waals surface area contributed by atoms with Gasteiger partial charge in [-0.2, -0.15) is 5.10 Å². The first-order valence-electron chi connectivity index (χ1n) is 10.4. The van der Waals surface area contributed by atoms with Crippen LogP contribution in [0.25, 0.3) is 11.5 Å². The minimum absolute atomic E-state index is 0.535. The van der Waals surface area contributed by atoms with Gasteiger partial charge in [0.1, 0.15) is 5.69 Å². The highest BCUT2D eigenvalue weighted by Gasteiger charge is 2.13. The molecule has 0 unspecified atom stereocenters. The number of rotatable bonds is 9. The fraction of sp³-hybridized carbons (Fsp3) is 0.200. The number of furan rings is 1. The third-order valence-electron chi connectivity index (χ3n) is 4.96. The first-order valence-corrected chi connectivity index (χ1v) is 11.2. The molecule has 0 amide bonds. The molecule has 0 fully saturated rings. The zero-order chi connectivity index (χ0) is 23.0. The third-order valence-corrected chi connectivity index (χ3v) is 5.81. The smallest absolute Gasteiger partial charge is 0.206 e.